The summed E-state index contributed by atoms with van der Waals surface area (Å²) in [6, 6.07) is 0.549. The zero-order chi connectivity index (χ0) is 11.3. The number of ether oxygens (including phenoxy) is 1. The first-order valence-electron chi connectivity index (χ1n) is 6.82. The molecule has 94 valence electrons. The summed E-state index contributed by atoms with van der Waals surface area (Å²) < 4.78 is 5.44. The van der Waals surface area contributed by atoms with Crippen molar-refractivity contribution < 1.29 is 9.84 Å². The molecule has 0 aromatic rings. The van der Waals surface area contributed by atoms with Crippen molar-refractivity contribution in [1.82, 2.24) is 5.32 Å². The number of rotatable bonds is 3. The van der Waals surface area contributed by atoms with Crippen LogP contribution in [0.4, 0.5) is 0 Å². The van der Waals surface area contributed by atoms with Gasteiger partial charge in [-0.05, 0) is 32.1 Å². The van der Waals surface area contributed by atoms with E-state index in [1.54, 1.807) is 0 Å². The van der Waals surface area contributed by atoms with Crippen LogP contribution in [0.15, 0.2) is 0 Å². The molecule has 0 aromatic carbocycles. The van der Waals surface area contributed by atoms with Gasteiger partial charge in [0.2, 0.25) is 0 Å². The third-order valence-corrected chi connectivity index (χ3v) is 3.96. The van der Waals surface area contributed by atoms with E-state index >= 15 is 0 Å². The molecule has 3 nitrogen and oxygen atoms in total. The van der Waals surface area contributed by atoms with E-state index in [9.17, 15) is 5.11 Å². The minimum Gasteiger partial charge on any atom is -0.389 e. The van der Waals surface area contributed by atoms with Gasteiger partial charge in [-0.1, -0.05) is 19.3 Å². The van der Waals surface area contributed by atoms with Crippen LogP contribution >= 0.6 is 0 Å². The lowest BCUT2D eigenvalue weighted by molar-refractivity contribution is 0.00211. The first-order valence-corrected chi connectivity index (χ1v) is 6.82. The van der Waals surface area contributed by atoms with Crippen molar-refractivity contribution in [1.29, 1.82) is 0 Å². The molecule has 0 spiro atoms. The second kappa shape index (κ2) is 5.99. The van der Waals surface area contributed by atoms with E-state index in [0.29, 0.717) is 6.04 Å². The molecule has 1 saturated carbocycles. The molecule has 1 aliphatic carbocycles. The molecule has 2 rings (SSSR count). The molecule has 2 aliphatic rings. The molecule has 0 bridgehead atoms. The summed E-state index contributed by atoms with van der Waals surface area (Å²) in [4.78, 5) is 0. The van der Waals surface area contributed by atoms with Crippen molar-refractivity contribution in [3.63, 3.8) is 0 Å². The molecule has 2 fully saturated rings. The lowest BCUT2D eigenvalue weighted by Crippen LogP contribution is -2.45. The van der Waals surface area contributed by atoms with E-state index in [-0.39, 0.29) is 0 Å². The van der Waals surface area contributed by atoms with E-state index in [1.807, 2.05) is 0 Å². The van der Waals surface area contributed by atoms with Gasteiger partial charge in [-0.15, -0.1) is 0 Å². The second-order valence-electron chi connectivity index (χ2n) is 5.41. The van der Waals surface area contributed by atoms with Crippen molar-refractivity contribution in [3.8, 4) is 0 Å². The quantitative estimate of drug-likeness (QED) is 0.773. The molecule has 0 radical (unpaired) electrons. The maximum atomic E-state index is 10.4. The van der Waals surface area contributed by atoms with Crippen LogP contribution in [0.3, 0.4) is 0 Å². The standard InChI is InChI=1S/C13H25NO2/c15-13(7-2-1-3-8-13)11-14-12-5-4-9-16-10-6-12/h12,14-15H,1-11H2. The van der Waals surface area contributed by atoms with Crippen LogP contribution in [0.1, 0.15) is 51.4 Å². The molecule has 1 unspecified atom stereocenters. The van der Waals surface area contributed by atoms with Crippen LogP contribution in [0, 0.1) is 0 Å². The Morgan fingerprint density at radius 3 is 2.69 bits per heavy atom. The van der Waals surface area contributed by atoms with Crippen molar-refractivity contribution in [2.75, 3.05) is 19.8 Å². The summed E-state index contributed by atoms with van der Waals surface area (Å²) in [5, 5.41) is 13.9. The van der Waals surface area contributed by atoms with E-state index in [0.717, 1.165) is 45.4 Å². The van der Waals surface area contributed by atoms with Gasteiger partial charge in [-0.25, -0.2) is 0 Å². The van der Waals surface area contributed by atoms with Gasteiger partial charge >= 0.3 is 0 Å². The Labute approximate surface area is 98.6 Å². The molecule has 3 heteroatoms. The molecule has 0 aromatic heterocycles. The topological polar surface area (TPSA) is 41.5 Å². The molecule has 2 N–H and O–H groups in total. The SMILES string of the molecule is OC1(CNC2CCCOCC2)CCCCC1. The lowest BCUT2D eigenvalue weighted by atomic mass is 9.84. The highest BCUT2D eigenvalue weighted by Gasteiger charge is 2.29. The molecule has 1 saturated heterocycles. The Morgan fingerprint density at radius 2 is 1.88 bits per heavy atom. The Bertz CT molecular complexity index is 194. The van der Waals surface area contributed by atoms with Crippen LogP contribution < -0.4 is 5.32 Å². The predicted molar refractivity (Wildman–Crippen MR) is 64.5 cm³/mol. The zero-order valence-corrected chi connectivity index (χ0v) is 10.2. The fourth-order valence-corrected chi connectivity index (χ4v) is 2.83. The average molecular weight is 227 g/mol. The Morgan fingerprint density at radius 1 is 1.06 bits per heavy atom. The van der Waals surface area contributed by atoms with Crippen LogP contribution in [-0.2, 0) is 4.74 Å². The first kappa shape index (κ1) is 12.3. The van der Waals surface area contributed by atoms with Crippen LogP contribution in [0.2, 0.25) is 0 Å². The van der Waals surface area contributed by atoms with Crippen molar-refractivity contribution in [2.45, 2.75) is 63.0 Å². The summed E-state index contributed by atoms with van der Waals surface area (Å²) in [7, 11) is 0. The highest BCUT2D eigenvalue weighted by atomic mass is 16.5. The van der Waals surface area contributed by atoms with Crippen molar-refractivity contribution in [2.24, 2.45) is 0 Å². The first-order chi connectivity index (χ1) is 7.79. The normalized spacial score (nSPS) is 30.9. The predicted octanol–water partition coefficient (Wildman–Crippen LogP) is 1.84. The molecule has 1 aliphatic heterocycles. The Balaban J connectivity index is 1.72. The Kier molecular flexibility index (Phi) is 4.62. The summed E-state index contributed by atoms with van der Waals surface area (Å²) in [5.41, 5.74) is -0.425. The highest BCUT2D eigenvalue weighted by Crippen LogP contribution is 2.27. The number of nitrogens with one attached hydrogen (secondary N) is 1. The lowest BCUT2D eigenvalue weighted by Gasteiger charge is -2.33. The smallest absolute Gasteiger partial charge is 0.0771 e. The molecule has 16 heavy (non-hydrogen) atoms. The molecule has 1 atom stereocenters. The molecule has 0 amide bonds. The largest absolute Gasteiger partial charge is 0.389 e. The number of aliphatic hydroxyl groups is 1. The average Bonchev–Trinajstić information content (AvgIpc) is 2.56. The van der Waals surface area contributed by atoms with Gasteiger partial charge < -0.3 is 15.2 Å². The van der Waals surface area contributed by atoms with E-state index in [2.05, 4.69) is 5.32 Å². The molecular formula is C13H25NO2. The minimum atomic E-state index is -0.425. The third kappa shape index (κ3) is 3.72. The maximum absolute atomic E-state index is 10.4. The van der Waals surface area contributed by atoms with Gasteiger partial charge in [0.25, 0.3) is 0 Å². The van der Waals surface area contributed by atoms with Gasteiger partial charge in [0.15, 0.2) is 0 Å². The van der Waals surface area contributed by atoms with Crippen molar-refractivity contribution in [3.05, 3.63) is 0 Å². The molecule has 1 heterocycles. The van der Waals surface area contributed by atoms with Gasteiger partial charge in [-0.3, -0.25) is 0 Å². The fraction of sp³-hybridized carbons (Fsp3) is 1.00. The van der Waals surface area contributed by atoms with E-state index < -0.39 is 5.60 Å². The second-order valence-corrected chi connectivity index (χ2v) is 5.41. The maximum Gasteiger partial charge on any atom is 0.0771 e. The highest BCUT2D eigenvalue weighted by molar-refractivity contribution is 4.86. The minimum absolute atomic E-state index is 0.425. The fourth-order valence-electron chi connectivity index (χ4n) is 2.83. The third-order valence-electron chi connectivity index (χ3n) is 3.96. The summed E-state index contributed by atoms with van der Waals surface area (Å²) in [6.07, 6.45) is 9.05. The summed E-state index contributed by atoms with van der Waals surface area (Å²) in [5.74, 6) is 0. The number of hydrogen-bond donors (Lipinski definition) is 2. The monoisotopic (exact) mass is 227 g/mol. The molecular weight excluding hydrogens is 202 g/mol. The number of hydrogen-bond acceptors (Lipinski definition) is 3. The van der Waals surface area contributed by atoms with Gasteiger partial charge in [0.05, 0.1) is 5.60 Å². The summed E-state index contributed by atoms with van der Waals surface area (Å²) >= 11 is 0. The Hall–Kier alpha value is -0.120. The van der Waals surface area contributed by atoms with Crippen LogP contribution in [-0.4, -0.2) is 36.5 Å². The van der Waals surface area contributed by atoms with Crippen molar-refractivity contribution >= 4 is 0 Å². The van der Waals surface area contributed by atoms with Crippen LogP contribution in [0.5, 0.6) is 0 Å². The zero-order valence-electron chi connectivity index (χ0n) is 10.2. The van der Waals surface area contributed by atoms with Gasteiger partial charge in [0, 0.05) is 25.8 Å². The van der Waals surface area contributed by atoms with Gasteiger partial charge in [0.1, 0.15) is 0 Å². The van der Waals surface area contributed by atoms with Crippen LogP contribution in [0.25, 0.3) is 0 Å². The van der Waals surface area contributed by atoms with E-state index in [1.165, 1.54) is 25.7 Å². The van der Waals surface area contributed by atoms with Gasteiger partial charge in [-0.2, -0.15) is 0 Å². The van der Waals surface area contributed by atoms with E-state index in [4.69, 9.17) is 4.74 Å². The summed E-state index contributed by atoms with van der Waals surface area (Å²) in [6.45, 7) is 2.55.